The standard InChI is InChI=1S/C25H21BrN4O4/c1-34-22-11-16(7-10-21(22)31)13-28-29-23(32)15-30-20-9-8-18(26)12-19(20)25(27-14-24(30)33)17-5-3-2-4-6-17/h2-13,31H,14-15H2,1H3,(H,29,32). The molecule has 2 N–H and O–H groups in total. The summed E-state index contributed by atoms with van der Waals surface area (Å²) in [5, 5.41) is 13.6. The molecule has 0 atom stereocenters. The van der Waals surface area contributed by atoms with Gasteiger partial charge in [-0.15, -0.1) is 0 Å². The predicted octanol–water partition coefficient (Wildman–Crippen LogP) is 3.50. The Kier molecular flexibility index (Phi) is 7.03. The fourth-order valence-corrected chi connectivity index (χ4v) is 3.89. The Bertz CT molecular complexity index is 1290. The van der Waals surface area contributed by atoms with Gasteiger partial charge in [0.15, 0.2) is 11.5 Å². The molecule has 4 rings (SSSR count). The predicted molar refractivity (Wildman–Crippen MR) is 134 cm³/mol. The molecular weight excluding hydrogens is 500 g/mol. The third-order valence-corrected chi connectivity index (χ3v) is 5.63. The second-order valence-corrected chi connectivity index (χ2v) is 8.31. The molecule has 8 nitrogen and oxygen atoms in total. The van der Waals surface area contributed by atoms with E-state index in [1.165, 1.54) is 24.3 Å². The van der Waals surface area contributed by atoms with Gasteiger partial charge in [-0.1, -0.05) is 46.3 Å². The van der Waals surface area contributed by atoms with Crippen molar-refractivity contribution in [3.8, 4) is 11.5 Å². The van der Waals surface area contributed by atoms with Crippen molar-refractivity contribution in [1.29, 1.82) is 0 Å². The average Bonchev–Trinajstić information content (AvgIpc) is 2.97. The molecule has 2 amide bonds. The second-order valence-electron chi connectivity index (χ2n) is 7.40. The van der Waals surface area contributed by atoms with Gasteiger partial charge in [-0.2, -0.15) is 5.10 Å². The van der Waals surface area contributed by atoms with E-state index in [-0.39, 0.29) is 24.7 Å². The number of aromatic hydroxyl groups is 1. The highest BCUT2D eigenvalue weighted by Gasteiger charge is 2.27. The largest absolute Gasteiger partial charge is 0.504 e. The maximum absolute atomic E-state index is 12.9. The lowest BCUT2D eigenvalue weighted by Crippen LogP contribution is -2.40. The van der Waals surface area contributed by atoms with Crippen molar-refractivity contribution >= 4 is 45.4 Å². The molecule has 3 aromatic rings. The van der Waals surface area contributed by atoms with Crippen molar-refractivity contribution < 1.29 is 19.4 Å². The summed E-state index contributed by atoms with van der Waals surface area (Å²) in [4.78, 5) is 31.5. The first-order valence-electron chi connectivity index (χ1n) is 10.4. The van der Waals surface area contributed by atoms with E-state index in [9.17, 15) is 14.7 Å². The van der Waals surface area contributed by atoms with Gasteiger partial charge in [-0.05, 0) is 42.0 Å². The van der Waals surface area contributed by atoms with Crippen LogP contribution in [-0.2, 0) is 9.59 Å². The lowest BCUT2D eigenvalue weighted by molar-refractivity contribution is -0.123. The summed E-state index contributed by atoms with van der Waals surface area (Å²) in [6, 6.07) is 19.8. The summed E-state index contributed by atoms with van der Waals surface area (Å²) in [7, 11) is 1.44. The number of nitrogens with one attached hydrogen (secondary N) is 1. The number of rotatable bonds is 6. The van der Waals surface area contributed by atoms with Crippen LogP contribution in [0.3, 0.4) is 0 Å². The van der Waals surface area contributed by atoms with Crippen LogP contribution >= 0.6 is 15.9 Å². The zero-order valence-electron chi connectivity index (χ0n) is 18.2. The number of hydrazone groups is 1. The molecule has 0 saturated carbocycles. The number of fused-ring (bicyclic) bond motifs is 1. The molecule has 0 aromatic heterocycles. The molecular formula is C25H21BrN4O4. The van der Waals surface area contributed by atoms with Crippen molar-refractivity contribution in [2.75, 3.05) is 25.1 Å². The normalized spacial score (nSPS) is 13.3. The minimum Gasteiger partial charge on any atom is -0.504 e. The SMILES string of the molecule is COc1cc(C=NNC(=O)CN2C(=O)CN=C(c3ccccc3)c3cc(Br)ccc32)ccc1O. The van der Waals surface area contributed by atoms with E-state index >= 15 is 0 Å². The molecule has 1 heterocycles. The topological polar surface area (TPSA) is 104 Å². The molecule has 0 spiro atoms. The van der Waals surface area contributed by atoms with Gasteiger partial charge in [-0.25, -0.2) is 5.43 Å². The van der Waals surface area contributed by atoms with Crippen LogP contribution in [0.2, 0.25) is 0 Å². The number of phenols is 1. The van der Waals surface area contributed by atoms with E-state index in [0.717, 1.165) is 15.6 Å². The summed E-state index contributed by atoms with van der Waals surface area (Å²) in [5.74, 6) is -0.461. The number of benzene rings is 3. The molecule has 3 aromatic carbocycles. The number of hydrogen-bond acceptors (Lipinski definition) is 6. The quantitative estimate of drug-likeness (QED) is 0.383. The Hall–Kier alpha value is -3.98. The monoisotopic (exact) mass is 520 g/mol. The Morgan fingerprint density at radius 3 is 2.76 bits per heavy atom. The lowest BCUT2D eigenvalue weighted by atomic mass is 10.0. The van der Waals surface area contributed by atoms with E-state index in [4.69, 9.17) is 4.74 Å². The molecule has 0 fully saturated rings. The summed E-state index contributed by atoms with van der Waals surface area (Å²) >= 11 is 3.49. The van der Waals surface area contributed by atoms with Crippen LogP contribution in [0.4, 0.5) is 5.69 Å². The average molecular weight is 521 g/mol. The van der Waals surface area contributed by atoms with E-state index in [2.05, 4.69) is 31.4 Å². The van der Waals surface area contributed by atoms with Crippen LogP contribution < -0.4 is 15.1 Å². The molecule has 0 aliphatic carbocycles. The summed E-state index contributed by atoms with van der Waals surface area (Å²) in [5.41, 5.74) is 5.98. The minimum absolute atomic E-state index is 0.00533. The van der Waals surface area contributed by atoms with Gasteiger partial charge in [0.05, 0.1) is 24.7 Å². The third kappa shape index (κ3) is 5.15. The molecule has 0 radical (unpaired) electrons. The molecule has 1 aliphatic heterocycles. The zero-order valence-corrected chi connectivity index (χ0v) is 19.8. The summed E-state index contributed by atoms with van der Waals surface area (Å²) < 4.78 is 5.90. The van der Waals surface area contributed by atoms with E-state index in [0.29, 0.717) is 22.7 Å². The number of amides is 2. The first kappa shape index (κ1) is 23.2. The first-order valence-corrected chi connectivity index (χ1v) is 11.1. The first-order chi connectivity index (χ1) is 16.5. The van der Waals surface area contributed by atoms with Crippen molar-refractivity contribution in [3.05, 3.63) is 87.9 Å². The molecule has 0 unspecified atom stereocenters. The van der Waals surface area contributed by atoms with Gasteiger partial charge in [0.25, 0.3) is 5.91 Å². The van der Waals surface area contributed by atoms with Gasteiger partial charge in [0.1, 0.15) is 13.1 Å². The number of phenolic OH excluding ortho intramolecular Hbond substituents is 1. The number of methoxy groups -OCH3 is 1. The van der Waals surface area contributed by atoms with Crippen LogP contribution in [0.1, 0.15) is 16.7 Å². The van der Waals surface area contributed by atoms with Gasteiger partial charge in [0, 0.05) is 15.6 Å². The molecule has 1 aliphatic rings. The van der Waals surface area contributed by atoms with Crippen LogP contribution in [0, 0.1) is 0 Å². The van der Waals surface area contributed by atoms with Gasteiger partial charge in [-0.3, -0.25) is 14.6 Å². The van der Waals surface area contributed by atoms with E-state index < -0.39 is 5.91 Å². The lowest BCUT2D eigenvalue weighted by Gasteiger charge is -2.22. The number of benzodiazepines with no additional fused rings is 1. The van der Waals surface area contributed by atoms with Crippen LogP contribution in [0.5, 0.6) is 11.5 Å². The second kappa shape index (κ2) is 10.3. The highest BCUT2D eigenvalue weighted by molar-refractivity contribution is 9.10. The number of ether oxygens (including phenoxy) is 1. The van der Waals surface area contributed by atoms with Crippen LogP contribution in [-0.4, -0.2) is 49.0 Å². The minimum atomic E-state index is -0.465. The Labute approximate surface area is 204 Å². The number of halogens is 1. The molecule has 172 valence electrons. The maximum atomic E-state index is 12.9. The molecule has 9 heteroatoms. The molecule has 0 saturated heterocycles. The Balaban J connectivity index is 1.54. The van der Waals surface area contributed by atoms with E-state index in [1.54, 1.807) is 18.2 Å². The van der Waals surface area contributed by atoms with Crippen LogP contribution in [0.25, 0.3) is 0 Å². The summed E-state index contributed by atoms with van der Waals surface area (Å²) in [6.45, 7) is -0.304. The Morgan fingerprint density at radius 2 is 2.00 bits per heavy atom. The summed E-state index contributed by atoms with van der Waals surface area (Å²) in [6.07, 6.45) is 1.42. The number of nitrogens with zero attached hydrogens (tertiary/aromatic N) is 3. The number of carbonyl (C=O) groups is 2. The van der Waals surface area contributed by atoms with Crippen LogP contribution in [0.15, 0.2) is 81.3 Å². The highest BCUT2D eigenvalue weighted by Crippen LogP contribution is 2.30. The molecule has 0 bridgehead atoms. The number of anilines is 1. The fraction of sp³-hybridized carbons (Fsp3) is 0.120. The van der Waals surface area contributed by atoms with Crippen molar-refractivity contribution in [2.24, 2.45) is 10.1 Å². The van der Waals surface area contributed by atoms with Crippen molar-refractivity contribution in [1.82, 2.24) is 5.43 Å². The fourth-order valence-electron chi connectivity index (χ4n) is 3.53. The Morgan fingerprint density at radius 1 is 1.21 bits per heavy atom. The smallest absolute Gasteiger partial charge is 0.260 e. The number of hydrogen-bond donors (Lipinski definition) is 2. The maximum Gasteiger partial charge on any atom is 0.260 e. The van der Waals surface area contributed by atoms with Gasteiger partial charge >= 0.3 is 0 Å². The number of aliphatic imine (C=N–C) groups is 1. The van der Waals surface area contributed by atoms with E-state index in [1.807, 2.05) is 42.5 Å². The van der Waals surface area contributed by atoms with Crippen molar-refractivity contribution in [2.45, 2.75) is 0 Å². The molecule has 34 heavy (non-hydrogen) atoms. The zero-order chi connectivity index (χ0) is 24.1. The van der Waals surface area contributed by atoms with Gasteiger partial charge < -0.3 is 14.7 Å². The highest BCUT2D eigenvalue weighted by atomic mass is 79.9. The third-order valence-electron chi connectivity index (χ3n) is 5.13. The van der Waals surface area contributed by atoms with Crippen molar-refractivity contribution in [3.63, 3.8) is 0 Å². The number of carbonyl (C=O) groups excluding carboxylic acids is 2. The van der Waals surface area contributed by atoms with Gasteiger partial charge in [0.2, 0.25) is 5.91 Å².